The molecule has 1 aromatic heterocycles. The molecule has 0 aliphatic rings. The average molecular weight is 362 g/mol. The van der Waals surface area contributed by atoms with E-state index in [-0.39, 0.29) is 6.04 Å². The van der Waals surface area contributed by atoms with Gasteiger partial charge in [0.1, 0.15) is 0 Å². The quantitative estimate of drug-likeness (QED) is 0.842. The van der Waals surface area contributed by atoms with Gasteiger partial charge >= 0.3 is 6.18 Å². The van der Waals surface area contributed by atoms with Gasteiger partial charge in [0.2, 0.25) is 0 Å². The summed E-state index contributed by atoms with van der Waals surface area (Å²) in [5, 5.41) is 7.17. The number of alkyl halides is 3. The van der Waals surface area contributed by atoms with Crippen molar-refractivity contribution in [1.29, 1.82) is 0 Å². The molecule has 0 saturated heterocycles. The van der Waals surface area contributed by atoms with Gasteiger partial charge in [-0.1, -0.05) is 15.9 Å². The van der Waals surface area contributed by atoms with Gasteiger partial charge in [-0.25, -0.2) is 0 Å². The van der Waals surface area contributed by atoms with Crippen LogP contribution in [0.3, 0.4) is 0 Å². The second-order valence-corrected chi connectivity index (χ2v) is 5.92. The van der Waals surface area contributed by atoms with E-state index in [1.165, 1.54) is 0 Å². The SMILES string of the molecule is CC(C)n1cc(CNc2cc(Br)cc(C(F)(F)F)c2)cn1. The molecule has 0 radical (unpaired) electrons. The molecule has 7 heteroatoms. The van der Waals surface area contributed by atoms with Crippen molar-refractivity contribution in [2.45, 2.75) is 32.6 Å². The van der Waals surface area contributed by atoms with Gasteiger partial charge in [0.15, 0.2) is 0 Å². The third-order valence-electron chi connectivity index (χ3n) is 2.91. The van der Waals surface area contributed by atoms with E-state index >= 15 is 0 Å². The highest BCUT2D eigenvalue weighted by Gasteiger charge is 2.31. The Morgan fingerprint density at radius 2 is 2.00 bits per heavy atom. The topological polar surface area (TPSA) is 29.9 Å². The minimum atomic E-state index is -4.36. The van der Waals surface area contributed by atoms with Gasteiger partial charge in [-0.3, -0.25) is 4.68 Å². The van der Waals surface area contributed by atoms with Crippen molar-refractivity contribution < 1.29 is 13.2 Å². The van der Waals surface area contributed by atoms with E-state index in [0.29, 0.717) is 16.7 Å². The van der Waals surface area contributed by atoms with E-state index in [2.05, 4.69) is 26.3 Å². The molecule has 2 aromatic rings. The zero-order valence-corrected chi connectivity index (χ0v) is 13.2. The Labute approximate surface area is 129 Å². The minimum Gasteiger partial charge on any atom is -0.381 e. The summed E-state index contributed by atoms with van der Waals surface area (Å²) in [4.78, 5) is 0. The number of rotatable bonds is 4. The van der Waals surface area contributed by atoms with Crippen LogP contribution >= 0.6 is 15.9 Å². The van der Waals surface area contributed by atoms with Crippen molar-refractivity contribution in [3.63, 3.8) is 0 Å². The Bertz CT molecular complexity index is 620. The molecule has 0 unspecified atom stereocenters. The molecule has 0 atom stereocenters. The Kier molecular flexibility index (Phi) is 4.61. The van der Waals surface area contributed by atoms with Crippen LogP contribution < -0.4 is 5.32 Å². The number of benzene rings is 1. The molecule has 21 heavy (non-hydrogen) atoms. The smallest absolute Gasteiger partial charge is 0.381 e. The van der Waals surface area contributed by atoms with Gasteiger partial charge in [0, 0.05) is 34.5 Å². The van der Waals surface area contributed by atoms with Crippen molar-refractivity contribution in [1.82, 2.24) is 9.78 Å². The van der Waals surface area contributed by atoms with Crippen molar-refractivity contribution >= 4 is 21.6 Å². The molecule has 114 valence electrons. The van der Waals surface area contributed by atoms with Crippen molar-refractivity contribution in [3.05, 3.63) is 46.2 Å². The normalized spacial score (nSPS) is 12.0. The number of halogens is 4. The van der Waals surface area contributed by atoms with E-state index in [1.54, 1.807) is 16.9 Å². The van der Waals surface area contributed by atoms with Crippen LogP contribution in [0.1, 0.15) is 31.0 Å². The largest absolute Gasteiger partial charge is 0.416 e. The van der Waals surface area contributed by atoms with E-state index in [0.717, 1.165) is 17.7 Å². The molecule has 0 bridgehead atoms. The van der Waals surface area contributed by atoms with Crippen LogP contribution in [0.4, 0.5) is 18.9 Å². The van der Waals surface area contributed by atoms with E-state index in [9.17, 15) is 13.2 Å². The third-order valence-corrected chi connectivity index (χ3v) is 3.36. The molecule has 0 spiro atoms. The fraction of sp³-hybridized carbons (Fsp3) is 0.357. The predicted octanol–water partition coefficient (Wildman–Crippen LogP) is 4.86. The summed E-state index contributed by atoms with van der Waals surface area (Å²) in [6, 6.07) is 4.02. The monoisotopic (exact) mass is 361 g/mol. The standard InChI is InChI=1S/C14H15BrF3N3/c1-9(2)21-8-10(7-20-21)6-19-13-4-11(14(16,17)18)3-12(15)5-13/h3-5,7-9,19H,6H2,1-2H3. The zero-order valence-electron chi connectivity index (χ0n) is 11.6. The summed E-state index contributed by atoms with van der Waals surface area (Å²) >= 11 is 3.10. The van der Waals surface area contributed by atoms with Crippen LogP contribution in [-0.4, -0.2) is 9.78 Å². The van der Waals surface area contributed by atoms with Crippen LogP contribution in [0, 0.1) is 0 Å². The summed E-state index contributed by atoms with van der Waals surface area (Å²) in [5.74, 6) is 0. The molecule has 0 aliphatic heterocycles. The highest BCUT2D eigenvalue weighted by molar-refractivity contribution is 9.10. The van der Waals surface area contributed by atoms with Gasteiger partial charge in [0.05, 0.1) is 11.8 Å². The van der Waals surface area contributed by atoms with Crippen LogP contribution in [0.15, 0.2) is 35.1 Å². The average Bonchev–Trinajstić information content (AvgIpc) is 2.83. The van der Waals surface area contributed by atoms with Crippen molar-refractivity contribution in [2.24, 2.45) is 0 Å². The molecule has 1 aromatic carbocycles. The van der Waals surface area contributed by atoms with Crippen LogP contribution in [0.5, 0.6) is 0 Å². The molecular weight excluding hydrogens is 347 g/mol. The van der Waals surface area contributed by atoms with Crippen LogP contribution in [-0.2, 0) is 12.7 Å². The third kappa shape index (κ3) is 4.23. The Hall–Kier alpha value is -1.50. The maximum absolute atomic E-state index is 12.7. The van der Waals surface area contributed by atoms with E-state index in [4.69, 9.17) is 0 Å². The van der Waals surface area contributed by atoms with Gasteiger partial charge in [0.25, 0.3) is 0 Å². The molecule has 0 aliphatic carbocycles. The fourth-order valence-electron chi connectivity index (χ4n) is 1.81. The first-order valence-corrected chi connectivity index (χ1v) is 7.19. The maximum atomic E-state index is 12.7. The van der Waals surface area contributed by atoms with Gasteiger partial charge in [-0.05, 0) is 32.0 Å². The number of nitrogens with one attached hydrogen (secondary N) is 1. The lowest BCUT2D eigenvalue weighted by Gasteiger charge is -2.11. The number of aromatic nitrogens is 2. The molecule has 0 fully saturated rings. The van der Waals surface area contributed by atoms with E-state index in [1.807, 2.05) is 20.0 Å². The fourth-order valence-corrected chi connectivity index (χ4v) is 2.30. The molecular formula is C14H15BrF3N3. The molecule has 1 N–H and O–H groups in total. The first-order valence-electron chi connectivity index (χ1n) is 6.40. The number of hydrogen-bond acceptors (Lipinski definition) is 2. The van der Waals surface area contributed by atoms with Gasteiger partial charge in [-0.15, -0.1) is 0 Å². The number of nitrogens with zero attached hydrogens (tertiary/aromatic N) is 2. The Morgan fingerprint density at radius 3 is 2.57 bits per heavy atom. The summed E-state index contributed by atoms with van der Waals surface area (Å²) < 4.78 is 40.4. The van der Waals surface area contributed by atoms with Gasteiger partial charge in [-0.2, -0.15) is 18.3 Å². The summed E-state index contributed by atoms with van der Waals surface area (Å²) in [7, 11) is 0. The lowest BCUT2D eigenvalue weighted by atomic mass is 10.2. The highest BCUT2D eigenvalue weighted by Crippen LogP contribution is 2.33. The number of anilines is 1. The lowest BCUT2D eigenvalue weighted by Crippen LogP contribution is -2.07. The van der Waals surface area contributed by atoms with Crippen molar-refractivity contribution in [3.8, 4) is 0 Å². The maximum Gasteiger partial charge on any atom is 0.416 e. The second-order valence-electron chi connectivity index (χ2n) is 5.00. The van der Waals surface area contributed by atoms with Crippen molar-refractivity contribution in [2.75, 3.05) is 5.32 Å². The molecule has 2 rings (SSSR count). The predicted molar refractivity (Wildman–Crippen MR) is 79.1 cm³/mol. The summed E-state index contributed by atoms with van der Waals surface area (Å²) in [6.07, 6.45) is -0.779. The lowest BCUT2D eigenvalue weighted by molar-refractivity contribution is -0.137. The molecule has 1 heterocycles. The van der Waals surface area contributed by atoms with Crippen LogP contribution in [0.2, 0.25) is 0 Å². The zero-order chi connectivity index (χ0) is 15.6. The number of hydrogen-bond donors (Lipinski definition) is 1. The molecule has 0 amide bonds. The molecule has 3 nitrogen and oxygen atoms in total. The first kappa shape index (κ1) is 15.9. The summed E-state index contributed by atoms with van der Waals surface area (Å²) in [5.41, 5.74) is 0.642. The summed E-state index contributed by atoms with van der Waals surface area (Å²) in [6.45, 7) is 4.43. The Balaban J connectivity index is 2.10. The molecule has 0 saturated carbocycles. The first-order chi connectivity index (χ1) is 9.75. The van der Waals surface area contributed by atoms with Crippen LogP contribution in [0.25, 0.3) is 0 Å². The minimum absolute atomic E-state index is 0.251. The highest BCUT2D eigenvalue weighted by atomic mass is 79.9. The Morgan fingerprint density at radius 1 is 1.29 bits per heavy atom. The second kappa shape index (κ2) is 6.09. The van der Waals surface area contributed by atoms with Gasteiger partial charge < -0.3 is 5.32 Å². The van der Waals surface area contributed by atoms with E-state index < -0.39 is 11.7 Å².